The average molecular weight is 375 g/mol. The topological polar surface area (TPSA) is 92.4 Å². The van der Waals surface area contributed by atoms with E-state index in [9.17, 15) is 15.0 Å². The van der Waals surface area contributed by atoms with Gasteiger partial charge in [0.15, 0.2) is 4.77 Å². The van der Waals surface area contributed by atoms with Crippen LogP contribution < -0.4 is 0 Å². The second-order valence-electron chi connectivity index (χ2n) is 7.08. The number of para-hydroxylation sites is 1. The molecule has 3 N–H and O–H groups in total. The molecule has 26 heavy (non-hydrogen) atoms. The number of aliphatic hydroxyl groups is 1. The van der Waals surface area contributed by atoms with E-state index in [1.807, 2.05) is 6.07 Å². The van der Waals surface area contributed by atoms with Gasteiger partial charge in [0.25, 0.3) is 0 Å². The smallest absolute Gasteiger partial charge is 0.419 e. The van der Waals surface area contributed by atoms with Crippen molar-refractivity contribution in [1.29, 1.82) is 0 Å². The number of aromatic nitrogens is 3. The molecular weight excluding hydrogens is 354 g/mol. The Morgan fingerprint density at radius 1 is 1.31 bits per heavy atom. The number of imidazole rings is 1. The van der Waals surface area contributed by atoms with E-state index >= 15 is 0 Å². The largest absolute Gasteiger partial charge is 0.493 e. The average Bonchev–Trinajstić information content (AvgIpc) is 3.06. The molecule has 138 valence electrons. The maximum Gasteiger partial charge on any atom is 0.419 e. The highest BCUT2D eigenvalue weighted by Crippen LogP contribution is 2.34. The molecule has 2 aromatic heterocycles. The second kappa shape index (κ2) is 6.30. The Balaban J connectivity index is 2.14. The summed E-state index contributed by atoms with van der Waals surface area (Å²) in [6, 6.07) is 7.17. The molecule has 0 spiro atoms. The standard InChI is InChI=1S/C18H21N3O4S/c1-18(2,3)25-17(24)21-9-11(10-7-5-6-8-12(10)21)14(22)13-15(23)20(4)16(26)19-13/h5-9,14,22-23H,1-4H3,(H,19,26). The minimum absolute atomic E-state index is 0.156. The Labute approximate surface area is 155 Å². The van der Waals surface area contributed by atoms with Crippen LogP contribution in [0.3, 0.4) is 0 Å². The number of nitrogens with zero attached hydrogens (tertiary/aromatic N) is 2. The summed E-state index contributed by atoms with van der Waals surface area (Å²) >= 11 is 5.09. The molecule has 7 nitrogen and oxygen atoms in total. The SMILES string of the molecule is Cn1c(O)c(C(O)c2cn(C(=O)OC(C)(C)C)c3ccccc23)[nH]c1=S. The monoisotopic (exact) mass is 375 g/mol. The van der Waals surface area contributed by atoms with E-state index in [-0.39, 0.29) is 16.3 Å². The predicted octanol–water partition coefficient (Wildman–Crippen LogP) is 3.61. The molecule has 0 saturated heterocycles. The molecule has 3 aromatic rings. The Morgan fingerprint density at radius 2 is 1.96 bits per heavy atom. The van der Waals surface area contributed by atoms with Gasteiger partial charge in [-0.05, 0) is 39.1 Å². The second-order valence-corrected chi connectivity index (χ2v) is 7.47. The van der Waals surface area contributed by atoms with Gasteiger partial charge in [0.1, 0.15) is 17.4 Å². The highest BCUT2D eigenvalue weighted by Gasteiger charge is 2.26. The predicted molar refractivity (Wildman–Crippen MR) is 99.9 cm³/mol. The van der Waals surface area contributed by atoms with E-state index in [2.05, 4.69) is 4.98 Å². The zero-order chi connectivity index (χ0) is 19.2. The third-order valence-electron chi connectivity index (χ3n) is 4.01. The zero-order valence-electron chi connectivity index (χ0n) is 15.0. The molecule has 0 aliphatic heterocycles. The summed E-state index contributed by atoms with van der Waals surface area (Å²) in [4.78, 5) is 15.4. The van der Waals surface area contributed by atoms with Gasteiger partial charge in [-0.2, -0.15) is 0 Å². The number of ether oxygens (including phenoxy) is 1. The number of carbonyl (C=O) groups excluding carboxylic acids is 1. The van der Waals surface area contributed by atoms with E-state index in [0.29, 0.717) is 16.5 Å². The fraction of sp³-hybridized carbons (Fsp3) is 0.333. The first kappa shape index (κ1) is 18.2. The zero-order valence-corrected chi connectivity index (χ0v) is 15.8. The third-order valence-corrected chi connectivity index (χ3v) is 4.38. The number of nitrogens with one attached hydrogen (secondary N) is 1. The van der Waals surface area contributed by atoms with Crippen LogP contribution in [0.25, 0.3) is 10.9 Å². The Morgan fingerprint density at radius 3 is 2.54 bits per heavy atom. The quantitative estimate of drug-likeness (QED) is 0.595. The number of aliphatic hydroxyl groups excluding tert-OH is 1. The first-order chi connectivity index (χ1) is 12.1. The van der Waals surface area contributed by atoms with Crippen molar-refractivity contribution in [1.82, 2.24) is 14.1 Å². The van der Waals surface area contributed by atoms with Gasteiger partial charge in [-0.25, -0.2) is 4.79 Å². The number of aromatic hydroxyl groups is 1. The lowest BCUT2D eigenvalue weighted by atomic mass is 10.1. The minimum Gasteiger partial charge on any atom is -0.493 e. The summed E-state index contributed by atoms with van der Waals surface area (Å²) in [6.45, 7) is 5.36. The molecule has 0 saturated carbocycles. The number of H-pyrrole nitrogens is 1. The molecule has 3 rings (SSSR count). The first-order valence-corrected chi connectivity index (χ1v) is 8.50. The molecule has 0 fully saturated rings. The molecule has 2 heterocycles. The summed E-state index contributed by atoms with van der Waals surface area (Å²) < 4.78 is 8.44. The molecule has 0 aliphatic carbocycles. The van der Waals surface area contributed by atoms with Gasteiger partial charge in [-0.15, -0.1) is 0 Å². The van der Waals surface area contributed by atoms with Gasteiger partial charge in [-0.3, -0.25) is 9.13 Å². The molecule has 0 aliphatic rings. The molecule has 1 atom stereocenters. The lowest BCUT2D eigenvalue weighted by Gasteiger charge is -2.19. The van der Waals surface area contributed by atoms with Gasteiger partial charge in [-0.1, -0.05) is 18.2 Å². The molecule has 8 heteroatoms. The van der Waals surface area contributed by atoms with E-state index in [1.165, 1.54) is 15.3 Å². The van der Waals surface area contributed by atoms with Crippen molar-refractivity contribution in [3.05, 3.63) is 46.5 Å². The van der Waals surface area contributed by atoms with E-state index < -0.39 is 17.8 Å². The lowest BCUT2D eigenvalue weighted by molar-refractivity contribution is 0.0544. The fourth-order valence-electron chi connectivity index (χ4n) is 2.76. The number of benzene rings is 1. The minimum atomic E-state index is -1.19. The van der Waals surface area contributed by atoms with Crippen LogP contribution in [0.5, 0.6) is 5.88 Å². The van der Waals surface area contributed by atoms with Gasteiger partial charge >= 0.3 is 6.09 Å². The van der Waals surface area contributed by atoms with Crippen molar-refractivity contribution >= 4 is 29.2 Å². The molecule has 0 radical (unpaired) electrons. The summed E-state index contributed by atoms with van der Waals surface area (Å²) in [5, 5.41) is 21.7. The van der Waals surface area contributed by atoms with Gasteiger partial charge in [0.05, 0.1) is 5.52 Å². The maximum absolute atomic E-state index is 12.6. The number of fused-ring (bicyclic) bond motifs is 1. The highest BCUT2D eigenvalue weighted by molar-refractivity contribution is 7.71. The Hall–Kier alpha value is -2.58. The van der Waals surface area contributed by atoms with Crippen LogP contribution in [0.1, 0.15) is 38.1 Å². The van der Waals surface area contributed by atoms with E-state index in [1.54, 1.807) is 46.0 Å². The molecule has 1 unspecified atom stereocenters. The normalized spacial score (nSPS) is 13.1. The number of carbonyl (C=O) groups is 1. The Kier molecular flexibility index (Phi) is 4.41. The summed E-state index contributed by atoms with van der Waals surface area (Å²) in [6.07, 6.45) is -0.212. The van der Waals surface area contributed by atoms with Gasteiger partial charge < -0.3 is 19.9 Å². The number of hydrogen-bond donors (Lipinski definition) is 3. The summed E-state index contributed by atoms with van der Waals surface area (Å²) in [5.74, 6) is -0.156. The molecular formula is C18H21N3O4S. The van der Waals surface area contributed by atoms with Crippen LogP contribution >= 0.6 is 12.2 Å². The van der Waals surface area contributed by atoms with Crippen molar-refractivity contribution < 1.29 is 19.7 Å². The van der Waals surface area contributed by atoms with E-state index in [0.717, 1.165) is 0 Å². The third kappa shape index (κ3) is 3.13. The van der Waals surface area contributed by atoms with Crippen molar-refractivity contribution in [3.8, 4) is 5.88 Å². The molecule has 0 amide bonds. The van der Waals surface area contributed by atoms with Crippen LogP contribution in [0.4, 0.5) is 4.79 Å². The maximum atomic E-state index is 12.6. The van der Waals surface area contributed by atoms with Crippen molar-refractivity contribution in [2.45, 2.75) is 32.5 Å². The first-order valence-electron chi connectivity index (χ1n) is 8.09. The van der Waals surface area contributed by atoms with E-state index in [4.69, 9.17) is 17.0 Å². The molecule has 1 aromatic carbocycles. The van der Waals surface area contributed by atoms with Crippen LogP contribution in [0.15, 0.2) is 30.5 Å². The number of aromatic amines is 1. The number of hydrogen-bond acceptors (Lipinski definition) is 5. The van der Waals surface area contributed by atoms with Crippen LogP contribution in [-0.2, 0) is 11.8 Å². The number of rotatable bonds is 2. The van der Waals surface area contributed by atoms with Gasteiger partial charge in [0.2, 0.25) is 5.88 Å². The van der Waals surface area contributed by atoms with Gasteiger partial charge in [0, 0.05) is 24.2 Å². The van der Waals surface area contributed by atoms with Crippen molar-refractivity contribution in [2.75, 3.05) is 0 Å². The van der Waals surface area contributed by atoms with Crippen LogP contribution in [0, 0.1) is 4.77 Å². The Bertz CT molecular complexity index is 1040. The lowest BCUT2D eigenvalue weighted by Crippen LogP contribution is -2.26. The van der Waals surface area contributed by atoms with Crippen molar-refractivity contribution in [3.63, 3.8) is 0 Å². The van der Waals surface area contributed by atoms with Crippen molar-refractivity contribution in [2.24, 2.45) is 7.05 Å². The highest BCUT2D eigenvalue weighted by atomic mass is 32.1. The summed E-state index contributed by atoms with van der Waals surface area (Å²) in [7, 11) is 1.59. The van der Waals surface area contributed by atoms with Crippen LogP contribution in [0.2, 0.25) is 0 Å². The fourth-order valence-corrected chi connectivity index (χ4v) is 2.96. The molecule has 0 bridgehead atoms. The summed E-state index contributed by atoms with van der Waals surface area (Å²) in [5.41, 5.74) is 0.581. The van der Waals surface area contributed by atoms with Crippen LogP contribution in [-0.4, -0.2) is 36.0 Å².